The number of hydrogen-bond acceptors (Lipinski definition) is 3. The number of hydrogen-bond donors (Lipinski definition) is 1. The van der Waals surface area contributed by atoms with Crippen LogP contribution in [-0.4, -0.2) is 15.1 Å². The quantitative estimate of drug-likeness (QED) is 0.609. The molecule has 1 aromatic heterocycles. The van der Waals surface area contributed by atoms with Crippen molar-refractivity contribution in [3.63, 3.8) is 0 Å². The second kappa shape index (κ2) is 3.57. The Labute approximate surface area is 85.6 Å². The Morgan fingerprint density at radius 3 is 2.71 bits per heavy atom. The minimum Gasteiger partial charge on any atom is -0.274 e. The zero-order valence-electron chi connectivity index (χ0n) is 7.49. The van der Waals surface area contributed by atoms with Crippen LogP contribution in [0.5, 0.6) is 0 Å². The Hall–Kier alpha value is -1.10. The highest BCUT2D eigenvalue weighted by atomic mass is 35.5. The lowest BCUT2D eigenvalue weighted by Gasteiger charge is -2.03. The molecule has 0 atom stereocenters. The second-order valence-corrected chi connectivity index (χ2v) is 3.87. The van der Waals surface area contributed by atoms with Crippen molar-refractivity contribution in [2.75, 3.05) is 0 Å². The van der Waals surface area contributed by atoms with Gasteiger partial charge in [0.2, 0.25) is 5.15 Å². The number of aromatic amines is 1. The highest BCUT2D eigenvalue weighted by Crippen LogP contribution is 2.39. The van der Waals surface area contributed by atoms with Crippen LogP contribution in [0.15, 0.2) is 0 Å². The van der Waals surface area contributed by atoms with Gasteiger partial charge in [0.25, 0.3) is 0 Å². The molecule has 1 heterocycles. The minimum absolute atomic E-state index is 0.0306. The molecule has 0 aromatic carbocycles. The number of nitrogens with zero attached hydrogens (tertiary/aromatic N) is 2. The number of nitro groups is 1. The van der Waals surface area contributed by atoms with E-state index in [-0.39, 0.29) is 16.8 Å². The molecule has 0 amide bonds. The van der Waals surface area contributed by atoms with Gasteiger partial charge in [0, 0.05) is 5.92 Å². The van der Waals surface area contributed by atoms with Gasteiger partial charge in [-0.15, -0.1) is 0 Å². The van der Waals surface area contributed by atoms with Gasteiger partial charge in [-0.25, -0.2) is 0 Å². The van der Waals surface area contributed by atoms with E-state index in [0.29, 0.717) is 5.69 Å². The van der Waals surface area contributed by atoms with Crippen LogP contribution in [0.25, 0.3) is 0 Å². The summed E-state index contributed by atoms with van der Waals surface area (Å²) in [7, 11) is 0. The van der Waals surface area contributed by atoms with Crippen molar-refractivity contribution in [3.05, 3.63) is 21.0 Å². The molecule has 0 aliphatic heterocycles. The van der Waals surface area contributed by atoms with Crippen LogP contribution in [0.4, 0.5) is 5.69 Å². The van der Waals surface area contributed by atoms with Gasteiger partial charge in [0.15, 0.2) is 0 Å². The Bertz CT molecular complexity index is 357. The van der Waals surface area contributed by atoms with Gasteiger partial charge in [-0.2, -0.15) is 5.10 Å². The van der Waals surface area contributed by atoms with Crippen LogP contribution in [0.3, 0.4) is 0 Å². The van der Waals surface area contributed by atoms with Crippen LogP contribution in [0, 0.1) is 10.1 Å². The first-order valence-corrected chi connectivity index (χ1v) is 4.96. The molecule has 1 fully saturated rings. The number of H-pyrrole nitrogens is 1. The van der Waals surface area contributed by atoms with Crippen molar-refractivity contribution < 1.29 is 4.92 Å². The Balaban J connectivity index is 2.37. The fraction of sp³-hybridized carbons (Fsp3) is 0.625. The molecule has 2 rings (SSSR count). The zero-order chi connectivity index (χ0) is 10.1. The van der Waals surface area contributed by atoms with Crippen molar-refractivity contribution in [2.24, 2.45) is 0 Å². The Kier molecular flexibility index (Phi) is 2.41. The molecule has 6 heteroatoms. The van der Waals surface area contributed by atoms with E-state index in [4.69, 9.17) is 11.6 Å². The van der Waals surface area contributed by atoms with Gasteiger partial charge in [-0.1, -0.05) is 24.4 Å². The first-order chi connectivity index (χ1) is 6.70. The molecule has 1 aliphatic carbocycles. The van der Waals surface area contributed by atoms with Crippen LogP contribution < -0.4 is 0 Å². The molecular weight excluding hydrogens is 206 g/mol. The third-order valence-electron chi connectivity index (χ3n) is 2.67. The van der Waals surface area contributed by atoms with Crippen LogP contribution >= 0.6 is 11.6 Å². The van der Waals surface area contributed by atoms with Crippen LogP contribution in [0.1, 0.15) is 37.3 Å². The number of halogens is 1. The minimum atomic E-state index is -0.459. The fourth-order valence-electron chi connectivity index (χ4n) is 2.00. The van der Waals surface area contributed by atoms with E-state index in [9.17, 15) is 10.1 Å². The van der Waals surface area contributed by atoms with Gasteiger partial charge >= 0.3 is 5.69 Å². The molecule has 14 heavy (non-hydrogen) atoms. The average Bonchev–Trinajstić information content (AvgIpc) is 2.70. The normalized spacial score (nSPS) is 17.5. The van der Waals surface area contributed by atoms with E-state index in [1.165, 1.54) is 0 Å². The van der Waals surface area contributed by atoms with Gasteiger partial charge in [0.1, 0.15) is 5.69 Å². The van der Waals surface area contributed by atoms with Gasteiger partial charge < -0.3 is 0 Å². The molecule has 1 aliphatic rings. The third kappa shape index (κ3) is 1.48. The topological polar surface area (TPSA) is 71.8 Å². The first-order valence-electron chi connectivity index (χ1n) is 4.58. The maximum atomic E-state index is 10.7. The number of rotatable bonds is 2. The number of aromatic nitrogens is 2. The maximum absolute atomic E-state index is 10.7. The molecule has 0 unspecified atom stereocenters. The van der Waals surface area contributed by atoms with E-state index < -0.39 is 4.92 Å². The van der Waals surface area contributed by atoms with Crippen molar-refractivity contribution in [1.82, 2.24) is 10.2 Å². The predicted octanol–water partition coefficient (Wildman–Crippen LogP) is 2.63. The average molecular weight is 216 g/mol. The summed E-state index contributed by atoms with van der Waals surface area (Å²) in [5.41, 5.74) is 0.552. The Morgan fingerprint density at radius 2 is 2.14 bits per heavy atom. The van der Waals surface area contributed by atoms with Gasteiger partial charge in [0.05, 0.1) is 4.92 Å². The summed E-state index contributed by atoms with van der Waals surface area (Å²) in [4.78, 5) is 10.3. The van der Waals surface area contributed by atoms with E-state index >= 15 is 0 Å². The van der Waals surface area contributed by atoms with E-state index in [1.54, 1.807) is 0 Å². The summed E-state index contributed by atoms with van der Waals surface area (Å²) in [5.74, 6) is 0.232. The monoisotopic (exact) mass is 215 g/mol. The summed E-state index contributed by atoms with van der Waals surface area (Å²) < 4.78 is 0. The molecule has 0 bridgehead atoms. The zero-order valence-corrected chi connectivity index (χ0v) is 8.25. The second-order valence-electron chi connectivity index (χ2n) is 3.52. The largest absolute Gasteiger partial charge is 0.329 e. The number of nitrogens with one attached hydrogen (secondary N) is 1. The lowest BCUT2D eigenvalue weighted by atomic mass is 10.0. The summed E-state index contributed by atoms with van der Waals surface area (Å²) in [6, 6.07) is 0. The molecular formula is C8H10ClN3O2. The molecule has 1 N–H and O–H groups in total. The highest BCUT2D eigenvalue weighted by Gasteiger charge is 2.30. The first kappa shape index (κ1) is 9.45. The van der Waals surface area contributed by atoms with Gasteiger partial charge in [-0.3, -0.25) is 15.2 Å². The van der Waals surface area contributed by atoms with Crippen molar-refractivity contribution in [1.29, 1.82) is 0 Å². The van der Waals surface area contributed by atoms with E-state index in [1.807, 2.05) is 0 Å². The molecule has 5 nitrogen and oxygen atoms in total. The SMILES string of the molecule is O=[N+]([O-])c1c(Cl)n[nH]c1C1CCCC1. The van der Waals surface area contributed by atoms with Crippen molar-refractivity contribution in [3.8, 4) is 0 Å². The lowest BCUT2D eigenvalue weighted by Crippen LogP contribution is -1.98. The van der Waals surface area contributed by atoms with E-state index in [2.05, 4.69) is 10.2 Å². The van der Waals surface area contributed by atoms with Crippen molar-refractivity contribution >= 4 is 17.3 Å². The Morgan fingerprint density at radius 1 is 1.50 bits per heavy atom. The molecule has 0 spiro atoms. The lowest BCUT2D eigenvalue weighted by molar-refractivity contribution is -0.385. The molecule has 1 aromatic rings. The summed E-state index contributed by atoms with van der Waals surface area (Å²) in [6.45, 7) is 0. The van der Waals surface area contributed by atoms with Crippen LogP contribution in [-0.2, 0) is 0 Å². The summed E-state index contributed by atoms with van der Waals surface area (Å²) >= 11 is 5.63. The van der Waals surface area contributed by atoms with Crippen LogP contribution in [0.2, 0.25) is 5.15 Å². The summed E-state index contributed by atoms with van der Waals surface area (Å²) in [5, 5.41) is 17.0. The summed E-state index contributed by atoms with van der Waals surface area (Å²) in [6.07, 6.45) is 4.22. The van der Waals surface area contributed by atoms with E-state index in [0.717, 1.165) is 25.7 Å². The highest BCUT2D eigenvalue weighted by molar-refractivity contribution is 6.31. The molecule has 76 valence electrons. The van der Waals surface area contributed by atoms with Gasteiger partial charge in [-0.05, 0) is 12.8 Å². The standard InChI is InChI=1S/C8H10ClN3O2/c9-8-7(12(13)14)6(10-11-8)5-3-1-2-4-5/h5H,1-4H2,(H,10,11). The maximum Gasteiger partial charge on any atom is 0.329 e. The third-order valence-corrected chi connectivity index (χ3v) is 2.93. The smallest absolute Gasteiger partial charge is 0.274 e. The molecule has 0 saturated heterocycles. The predicted molar refractivity (Wildman–Crippen MR) is 51.5 cm³/mol. The van der Waals surface area contributed by atoms with Crippen molar-refractivity contribution in [2.45, 2.75) is 31.6 Å². The fourth-order valence-corrected chi connectivity index (χ4v) is 2.21. The molecule has 0 radical (unpaired) electrons. The molecule has 1 saturated carbocycles.